The molecule has 0 amide bonds. The van der Waals surface area contributed by atoms with Gasteiger partial charge in [-0.25, -0.2) is 4.98 Å². The maximum atomic E-state index is 10.4. The van der Waals surface area contributed by atoms with Crippen molar-refractivity contribution in [2.45, 2.75) is 32.7 Å². The number of fused-ring (bicyclic) bond motifs is 3. The second kappa shape index (κ2) is 30.7. The number of carbonyl (C=O) groups is 1. The number of carboxylic acids is 1. The molecule has 18 heteroatoms. The van der Waals surface area contributed by atoms with Gasteiger partial charge in [0.2, 0.25) is 0 Å². The van der Waals surface area contributed by atoms with Crippen LogP contribution in [-0.4, -0.2) is 196 Å². The Labute approximate surface area is 348 Å². The monoisotopic (exact) mass is 836 g/mol. The van der Waals surface area contributed by atoms with Crippen LogP contribution in [0.4, 0.5) is 11.5 Å². The zero-order chi connectivity index (χ0) is 41.6. The van der Waals surface area contributed by atoms with Crippen LogP contribution in [0.25, 0.3) is 21.8 Å². The summed E-state index contributed by atoms with van der Waals surface area (Å²) >= 11 is 0. The summed E-state index contributed by atoms with van der Waals surface area (Å²) < 4.78 is 56.9. The molecule has 0 saturated carbocycles. The first-order valence-electron chi connectivity index (χ1n) is 21.1. The highest BCUT2D eigenvalue weighted by Crippen LogP contribution is 2.30. The maximum absolute atomic E-state index is 10.4. The highest BCUT2D eigenvalue weighted by molar-refractivity contribution is 6.08. The van der Waals surface area contributed by atoms with Crippen molar-refractivity contribution in [1.29, 1.82) is 0 Å². The number of pyridine rings is 1. The van der Waals surface area contributed by atoms with Crippen molar-refractivity contribution in [2.75, 3.05) is 175 Å². The minimum atomic E-state index is -0.874. The molecule has 59 heavy (non-hydrogen) atoms. The third-order valence-electron chi connectivity index (χ3n) is 9.36. The molecule has 3 aromatic rings. The number of aryl methyl sites for hydroxylation is 1. The molecule has 3 heterocycles. The Bertz CT molecular complexity index is 1540. The number of hydrogen-bond donors (Lipinski definition) is 2. The molecule has 0 unspecified atom stereocenters. The number of nitrogen functional groups attached to an aromatic ring is 1. The van der Waals surface area contributed by atoms with Crippen LogP contribution in [0.3, 0.4) is 0 Å². The molecule has 0 bridgehead atoms. The van der Waals surface area contributed by atoms with Crippen LogP contribution in [0.5, 0.6) is 0 Å². The van der Waals surface area contributed by atoms with Gasteiger partial charge in [0.25, 0.3) is 0 Å². The van der Waals surface area contributed by atoms with Crippen molar-refractivity contribution in [2.24, 2.45) is 0 Å². The minimum Gasteiger partial charge on any atom is -0.481 e. The van der Waals surface area contributed by atoms with Crippen molar-refractivity contribution in [3.8, 4) is 0 Å². The fraction of sp³-hybridized carbons (Fsp3) is 0.732. The van der Waals surface area contributed by atoms with E-state index in [4.69, 9.17) is 63.2 Å². The van der Waals surface area contributed by atoms with Gasteiger partial charge in [0.05, 0.1) is 144 Å². The van der Waals surface area contributed by atoms with Crippen molar-refractivity contribution >= 4 is 39.3 Å². The second-order valence-electron chi connectivity index (χ2n) is 13.8. The number of ether oxygens (including phenoxy) is 10. The summed E-state index contributed by atoms with van der Waals surface area (Å²) in [5.41, 5.74) is 9.19. The van der Waals surface area contributed by atoms with Gasteiger partial charge in [-0.1, -0.05) is 19.4 Å². The van der Waals surface area contributed by atoms with E-state index in [1.165, 1.54) is 5.69 Å². The third kappa shape index (κ3) is 20.2. The Balaban J connectivity index is 0.848. The van der Waals surface area contributed by atoms with Crippen LogP contribution in [0.15, 0.2) is 24.4 Å². The number of rotatable bonds is 37. The summed E-state index contributed by atoms with van der Waals surface area (Å²) in [5.74, 6) is -0.388. The summed E-state index contributed by atoms with van der Waals surface area (Å²) in [6, 6.07) is 6.50. The molecule has 1 aliphatic heterocycles. The highest BCUT2D eigenvalue weighted by atomic mass is 16.6. The maximum Gasteiger partial charge on any atom is 0.305 e. The molecular weight excluding hydrogens is 768 g/mol. The molecule has 4 rings (SSSR count). The molecule has 1 aromatic carbocycles. The van der Waals surface area contributed by atoms with E-state index < -0.39 is 5.97 Å². The van der Waals surface area contributed by atoms with Crippen molar-refractivity contribution in [3.05, 3.63) is 24.4 Å². The average molecular weight is 837 g/mol. The van der Waals surface area contributed by atoms with Gasteiger partial charge in [0.1, 0.15) is 5.52 Å². The third-order valence-corrected chi connectivity index (χ3v) is 9.36. The lowest BCUT2D eigenvalue weighted by molar-refractivity contribution is -0.138. The molecule has 2 aromatic heterocycles. The number of unbranched alkanes of at least 4 members (excludes halogenated alkanes) is 1. The molecule has 0 atom stereocenters. The zero-order valence-corrected chi connectivity index (χ0v) is 35.1. The van der Waals surface area contributed by atoms with Gasteiger partial charge in [0, 0.05) is 61.9 Å². The number of carboxylic acid groups (broad SMARTS) is 1. The van der Waals surface area contributed by atoms with Crippen LogP contribution < -0.4 is 10.6 Å². The van der Waals surface area contributed by atoms with E-state index in [1.54, 1.807) is 0 Å². The summed E-state index contributed by atoms with van der Waals surface area (Å²) in [4.78, 5) is 19.9. The number of aromatic nitrogens is 3. The lowest BCUT2D eigenvalue weighted by Gasteiger charge is -2.36. The molecule has 0 aliphatic carbocycles. The topological polar surface area (TPSA) is 193 Å². The molecule has 3 N–H and O–H groups in total. The van der Waals surface area contributed by atoms with Crippen molar-refractivity contribution in [3.63, 3.8) is 0 Å². The Kier molecular flexibility index (Phi) is 25.2. The van der Waals surface area contributed by atoms with Crippen LogP contribution in [-0.2, 0) is 58.7 Å². The van der Waals surface area contributed by atoms with Gasteiger partial charge >= 0.3 is 5.97 Å². The molecule has 18 nitrogen and oxygen atoms in total. The Morgan fingerprint density at radius 1 is 0.627 bits per heavy atom. The standard InChI is InChI=1S/C41H68N6O12/c1-2-3-7-47-34-37-36-5-4-35(33-38(36)43-41(42)40(37)44-47)46-10-8-45(9-11-46)12-14-51-16-18-53-20-22-55-24-26-57-28-30-59-32-31-58-29-27-56-25-23-54-21-19-52-17-15-50-13-6-39(48)49/h4-5,33-34H,2-3,6-32H2,1H3,(H2,42,43)(H,48,49). The van der Waals surface area contributed by atoms with E-state index in [0.29, 0.717) is 131 Å². The van der Waals surface area contributed by atoms with Gasteiger partial charge in [-0.2, -0.15) is 5.10 Å². The largest absolute Gasteiger partial charge is 0.481 e. The normalized spacial score (nSPS) is 13.7. The molecule has 334 valence electrons. The molecule has 1 aliphatic rings. The molecule has 1 saturated heterocycles. The average Bonchev–Trinajstić information content (AvgIpc) is 3.68. The Morgan fingerprint density at radius 3 is 1.54 bits per heavy atom. The lowest BCUT2D eigenvalue weighted by atomic mass is 10.1. The SMILES string of the molecule is CCCCn1cc2c(n1)c(N)nc1cc(N3CCN(CCOCCOCCOCCOCCOCCOCCOCCOCCOCCOCCC(=O)O)CC3)ccc12. The number of aliphatic carboxylic acids is 1. The summed E-state index contributed by atoms with van der Waals surface area (Å²) in [5, 5.41) is 15.4. The smallest absolute Gasteiger partial charge is 0.305 e. The predicted molar refractivity (Wildman–Crippen MR) is 223 cm³/mol. The van der Waals surface area contributed by atoms with Crippen LogP contribution >= 0.6 is 0 Å². The Morgan fingerprint density at radius 2 is 1.08 bits per heavy atom. The quantitative estimate of drug-likeness (QED) is 0.0805. The highest BCUT2D eigenvalue weighted by Gasteiger charge is 2.19. The van der Waals surface area contributed by atoms with E-state index >= 15 is 0 Å². The molecule has 0 spiro atoms. The zero-order valence-electron chi connectivity index (χ0n) is 35.1. The van der Waals surface area contributed by atoms with Gasteiger partial charge in [-0.05, 0) is 18.6 Å². The number of hydrogen-bond acceptors (Lipinski definition) is 16. The number of benzene rings is 1. The lowest BCUT2D eigenvalue weighted by Crippen LogP contribution is -2.47. The summed E-state index contributed by atoms with van der Waals surface area (Å²) in [7, 11) is 0. The minimum absolute atomic E-state index is 0.00361. The second-order valence-corrected chi connectivity index (χ2v) is 13.8. The number of piperazine rings is 1. The van der Waals surface area contributed by atoms with Gasteiger partial charge in [-0.3, -0.25) is 14.4 Å². The predicted octanol–water partition coefficient (Wildman–Crippen LogP) is 2.73. The van der Waals surface area contributed by atoms with E-state index in [0.717, 1.165) is 73.9 Å². The number of anilines is 2. The van der Waals surface area contributed by atoms with Crippen molar-refractivity contribution < 1.29 is 57.3 Å². The van der Waals surface area contributed by atoms with E-state index in [1.807, 2.05) is 4.68 Å². The first-order valence-corrected chi connectivity index (χ1v) is 21.1. The van der Waals surface area contributed by atoms with E-state index in [-0.39, 0.29) is 13.0 Å². The molecular formula is C41H68N6O12. The molecule has 1 fully saturated rings. The first kappa shape index (κ1) is 48.4. The number of nitrogens with two attached hydrogens (primary N) is 1. The fourth-order valence-corrected chi connectivity index (χ4v) is 6.13. The number of nitrogens with zero attached hydrogens (tertiary/aromatic N) is 5. The van der Waals surface area contributed by atoms with Crippen LogP contribution in [0.1, 0.15) is 26.2 Å². The molecule has 0 radical (unpaired) electrons. The fourth-order valence-electron chi connectivity index (χ4n) is 6.13. The van der Waals surface area contributed by atoms with Crippen LogP contribution in [0, 0.1) is 0 Å². The van der Waals surface area contributed by atoms with Gasteiger partial charge in [-0.15, -0.1) is 0 Å². The summed E-state index contributed by atoms with van der Waals surface area (Å²) in [6.07, 6.45) is 4.30. The van der Waals surface area contributed by atoms with E-state index in [2.05, 4.69) is 46.2 Å². The first-order chi connectivity index (χ1) is 29.0. The van der Waals surface area contributed by atoms with Gasteiger partial charge < -0.3 is 63.1 Å². The summed E-state index contributed by atoms with van der Waals surface area (Å²) in [6.45, 7) is 17.4. The van der Waals surface area contributed by atoms with E-state index in [9.17, 15) is 4.79 Å². The van der Waals surface area contributed by atoms with Crippen molar-refractivity contribution in [1.82, 2.24) is 19.7 Å². The Hall–Kier alpha value is -3.27. The van der Waals surface area contributed by atoms with Gasteiger partial charge in [0.15, 0.2) is 5.82 Å². The van der Waals surface area contributed by atoms with Crippen LogP contribution in [0.2, 0.25) is 0 Å².